The van der Waals surface area contributed by atoms with E-state index < -0.39 is 5.56 Å². The minimum Gasteiger partial charge on any atom is -0.383 e. The van der Waals surface area contributed by atoms with Gasteiger partial charge in [-0.15, -0.1) is 0 Å². The molecule has 2 heterocycles. The van der Waals surface area contributed by atoms with E-state index in [4.69, 9.17) is 4.74 Å². The van der Waals surface area contributed by atoms with Crippen LogP contribution in [-0.2, 0) is 4.74 Å². The number of hydrogen-bond acceptors (Lipinski definition) is 5. The maximum atomic E-state index is 12.3. The quantitative estimate of drug-likeness (QED) is 0.754. The van der Waals surface area contributed by atoms with Crippen molar-refractivity contribution in [3.8, 4) is 0 Å². The van der Waals surface area contributed by atoms with Crippen molar-refractivity contribution in [2.45, 2.75) is 25.8 Å². The lowest BCUT2D eigenvalue weighted by molar-refractivity contribution is 0.0926. The number of carbonyl (C=O) groups is 1. The van der Waals surface area contributed by atoms with Crippen LogP contribution >= 0.6 is 0 Å². The van der Waals surface area contributed by atoms with Gasteiger partial charge in [-0.2, -0.15) is 0 Å². The molecule has 0 aliphatic carbocycles. The molecule has 0 unspecified atom stereocenters. The van der Waals surface area contributed by atoms with Crippen LogP contribution in [-0.4, -0.2) is 60.2 Å². The van der Waals surface area contributed by atoms with Gasteiger partial charge in [-0.3, -0.25) is 14.5 Å². The van der Waals surface area contributed by atoms with Crippen molar-refractivity contribution in [2.24, 2.45) is 5.92 Å². The molecule has 0 radical (unpaired) electrons. The summed E-state index contributed by atoms with van der Waals surface area (Å²) in [6, 6.07) is 0.0592. The molecule has 122 valence electrons. The van der Waals surface area contributed by atoms with Crippen LogP contribution in [0.15, 0.2) is 17.3 Å². The minimum atomic E-state index is -0.409. The first-order chi connectivity index (χ1) is 10.7. The third kappa shape index (κ3) is 4.14. The number of ether oxygens (including phenoxy) is 1. The number of aromatic nitrogens is 2. The second kappa shape index (κ2) is 8.05. The van der Waals surface area contributed by atoms with Crippen molar-refractivity contribution in [1.82, 2.24) is 20.2 Å². The molecular formula is C15H24N4O3. The van der Waals surface area contributed by atoms with Gasteiger partial charge in [0.25, 0.3) is 11.5 Å². The average Bonchev–Trinajstić information content (AvgIpc) is 2.88. The second-order valence-corrected chi connectivity index (χ2v) is 5.68. The first-order valence-corrected chi connectivity index (χ1v) is 7.70. The number of amides is 1. The molecule has 1 aromatic heterocycles. The molecule has 0 spiro atoms. The van der Waals surface area contributed by atoms with Crippen molar-refractivity contribution in [1.29, 1.82) is 0 Å². The molecule has 0 aromatic carbocycles. The highest BCUT2D eigenvalue weighted by atomic mass is 16.5. The van der Waals surface area contributed by atoms with Gasteiger partial charge >= 0.3 is 0 Å². The fraction of sp³-hybridized carbons (Fsp3) is 0.667. The molecule has 1 saturated heterocycles. The summed E-state index contributed by atoms with van der Waals surface area (Å²) < 4.78 is 5.12. The van der Waals surface area contributed by atoms with Gasteiger partial charge in [-0.1, -0.05) is 13.3 Å². The Morgan fingerprint density at radius 1 is 1.55 bits per heavy atom. The smallest absolute Gasteiger partial charge is 0.263 e. The number of methoxy groups -OCH3 is 1. The number of hydrogen-bond donors (Lipinski definition) is 2. The Labute approximate surface area is 130 Å². The van der Waals surface area contributed by atoms with Gasteiger partial charge in [-0.05, 0) is 12.3 Å². The van der Waals surface area contributed by atoms with E-state index in [1.165, 1.54) is 12.5 Å². The summed E-state index contributed by atoms with van der Waals surface area (Å²) >= 11 is 0. The zero-order valence-electron chi connectivity index (χ0n) is 13.2. The predicted octanol–water partition coefficient (Wildman–Crippen LogP) is 0.247. The molecule has 0 saturated carbocycles. The molecule has 2 rings (SSSR count). The van der Waals surface area contributed by atoms with E-state index in [2.05, 4.69) is 27.1 Å². The van der Waals surface area contributed by atoms with Gasteiger partial charge < -0.3 is 15.0 Å². The summed E-state index contributed by atoms with van der Waals surface area (Å²) in [5.41, 5.74) is -0.345. The number of nitrogens with zero attached hydrogens (tertiary/aromatic N) is 2. The fourth-order valence-electron chi connectivity index (χ4n) is 2.94. The number of likely N-dealkylation sites (tertiary alicyclic amines) is 1. The lowest BCUT2D eigenvalue weighted by Crippen LogP contribution is -2.42. The van der Waals surface area contributed by atoms with E-state index in [9.17, 15) is 9.59 Å². The van der Waals surface area contributed by atoms with Gasteiger partial charge in [0.1, 0.15) is 5.56 Å². The van der Waals surface area contributed by atoms with Crippen LogP contribution in [0.2, 0.25) is 0 Å². The van der Waals surface area contributed by atoms with E-state index in [-0.39, 0.29) is 17.5 Å². The van der Waals surface area contributed by atoms with E-state index in [1.54, 1.807) is 7.11 Å². The Morgan fingerprint density at radius 2 is 2.36 bits per heavy atom. The Bertz CT molecular complexity index is 546. The molecule has 22 heavy (non-hydrogen) atoms. The van der Waals surface area contributed by atoms with Crippen LogP contribution in [0, 0.1) is 5.92 Å². The topological polar surface area (TPSA) is 87.3 Å². The first kappa shape index (κ1) is 16.6. The summed E-state index contributed by atoms with van der Waals surface area (Å²) in [4.78, 5) is 32.5. The summed E-state index contributed by atoms with van der Waals surface area (Å²) in [7, 11) is 1.69. The highest BCUT2D eigenvalue weighted by molar-refractivity contribution is 5.93. The van der Waals surface area contributed by atoms with Crippen LogP contribution in [0.5, 0.6) is 0 Å². The monoisotopic (exact) mass is 308 g/mol. The summed E-state index contributed by atoms with van der Waals surface area (Å²) in [5.74, 6) is 0.0515. The highest BCUT2D eigenvalue weighted by Gasteiger charge is 2.33. The zero-order chi connectivity index (χ0) is 15.9. The molecule has 1 aromatic rings. The molecule has 1 aliphatic heterocycles. The first-order valence-electron chi connectivity index (χ1n) is 7.70. The van der Waals surface area contributed by atoms with Crippen molar-refractivity contribution in [3.05, 3.63) is 28.4 Å². The van der Waals surface area contributed by atoms with Gasteiger partial charge in [0.2, 0.25) is 0 Å². The summed E-state index contributed by atoms with van der Waals surface area (Å²) in [6.45, 7) is 5.42. The lowest BCUT2D eigenvalue weighted by Gasteiger charge is -2.19. The number of nitrogens with one attached hydrogen (secondary N) is 2. The summed E-state index contributed by atoms with van der Waals surface area (Å²) in [6.07, 6.45) is 4.71. The third-order valence-electron chi connectivity index (χ3n) is 4.07. The standard InChI is InChI=1S/C15H24N4O3/c1-3-4-11-8-19(5-6-22-2)9-13(11)18-15(21)12-7-16-10-17-14(12)20/h7,10-11,13H,3-6,8-9H2,1-2H3,(H,18,21)(H,16,17,20)/t11-,13-/m1/s1. The molecule has 7 heteroatoms. The Kier molecular flexibility index (Phi) is 6.09. The van der Waals surface area contributed by atoms with Crippen molar-refractivity contribution in [2.75, 3.05) is 33.4 Å². The Balaban J connectivity index is 2.01. The molecular weight excluding hydrogens is 284 g/mol. The highest BCUT2D eigenvalue weighted by Crippen LogP contribution is 2.21. The van der Waals surface area contributed by atoms with Crippen LogP contribution in [0.3, 0.4) is 0 Å². The largest absolute Gasteiger partial charge is 0.383 e. The molecule has 1 aliphatic rings. The van der Waals surface area contributed by atoms with Crippen molar-refractivity contribution in [3.63, 3.8) is 0 Å². The lowest BCUT2D eigenvalue weighted by atomic mass is 9.98. The molecule has 1 fully saturated rings. The van der Waals surface area contributed by atoms with E-state index in [0.29, 0.717) is 12.5 Å². The number of H-pyrrole nitrogens is 1. The van der Waals surface area contributed by atoms with Crippen molar-refractivity contribution >= 4 is 5.91 Å². The molecule has 0 bridgehead atoms. The van der Waals surface area contributed by atoms with Crippen LogP contribution in [0.1, 0.15) is 30.1 Å². The Hall–Kier alpha value is -1.73. The summed E-state index contributed by atoms with van der Waals surface area (Å²) in [5, 5.41) is 3.00. The zero-order valence-corrected chi connectivity index (χ0v) is 13.2. The fourth-order valence-corrected chi connectivity index (χ4v) is 2.94. The normalized spacial score (nSPS) is 21.9. The predicted molar refractivity (Wildman–Crippen MR) is 82.8 cm³/mol. The maximum Gasteiger partial charge on any atom is 0.263 e. The maximum absolute atomic E-state index is 12.3. The molecule has 1 amide bonds. The van der Waals surface area contributed by atoms with E-state index >= 15 is 0 Å². The molecule has 7 nitrogen and oxygen atoms in total. The number of carbonyl (C=O) groups excluding carboxylic acids is 1. The number of aromatic amines is 1. The minimum absolute atomic E-state index is 0.0592. The van der Waals surface area contributed by atoms with E-state index in [0.717, 1.165) is 32.5 Å². The number of rotatable bonds is 7. The second-order valence-electron chi connectivity index (χ2n) is 5.68. The van der Waals surface area contributed by atoms with Gasteiger partial charge in [0.05, 0.1) is 12.9 Å². The van der Waals surface area contributed by atoms with Crippen LogP contribution in [0.25, 0.3) is 0 Å². The van der Waals surface area contributed by atoms with Crippen molar-refractivity contribution < 1.29 is 9.53 Å². The van der Waals surface area contributed by atoms with Crippen LogP contribution in [0.4, 0.5) is 0 Å². The van der Waals surface area contributed by atoms with Gasteiger partial charge in [0.15, 0.2) is 0 Å². The molecule has 2 atom stereocenters. The molecule has 2 N–H and O–H groups in total. The van der Waals surface area contributed by atoms with Gasteiger partial charge in [-0.25, -0.2) is 4.98 Å². The SMILES string of the molecule is CCC[C@@H]1CN(CCOC)C[C@H]1NC(=O)c1cnc[nH]c1=O. The Morgan fingerprint density at radius 3 is 3.05 bits per heavy atom. The third-order valence-corrected chi connectivity index (χ3v) is 4.07. The van der Waals surface area contributed by atoms with Gasteiger partial charge in [0, 0.05) is 39.0 Å². The van der Waals surface area contributed by atoms with E-state index in [1.807, 2.05) is 0 Å². The average molecular weight is 308 g/mol. The van der Waals surface area contributed by atoms with Crippen LogP contribution < -0.4 is 10.9 Å².